The van der Waals surface area contributed by atoms with Crippen LogP contribution in [0.3, 0.4) is 0 Å². The van der Waals surface area contributed by atoms with Gasteiger partial charge in [0.05, 0.1) is 29.3 Å². The van der Waals surface area contributed by atoms with Crippen molar-refractivity contribution in [3.05, 3.63) is 111 Å². The Hall–Kier alpha value is -4.44. The number of nitrogens with zero attached hydrogens (tertiary/aromatic N) is 2. The maximum atomic E-state index is 12.9. The van der Waals surface area contributed by atoms with Crippen molar-refractivity contribution < 1.29 is 24.0 Å². The molecule has 3 aromatic carbocycles. The molecule has 3 aromatic rings. The van der Waals surface area contributed by atoms with Crippen molar-refractivity contribution in [3.8, 4) is 11.1 Å². The summed E-state index contributed by atoms with van der Waals surface area (Å²) in [6.07, 6.45) is 0. The molecule has 0 radical (unpaired) electrons. The minimum absolute atomic E-state index is 0.0378. The first-order valence-corrected chi connectivity index (χ1v) is 13.8. The van der Waals surface area contributed by atoms with Crippen molar-refractivity contribution in [1.29, 1.82) is 0 Å². The predicted molar refractivity (Wildman–Crippen MR) is 155 cm³/mol. The largest absolute Gasteiger partial charge is 0.463 e. The Balaban J connectivity index is 1.59. The molecule has 0 aliphatic carbocycles. The van der Waals surface area contributed by atoms with E-state index in [-0.39, 0.29) is 18.3 Å². The fourth-order valence-corrected chi connectivity index (χ4v) is 5.10. The molecule has 1 atom stereocenters. The smallest absolute Gasteiger partial charge is 0.338 e. The summed E-state index contributed by atoms with van der Waals surface area (Å²) >= 11 is 1.44. The van der Waals surface area contributed by atoms with Crippen LogP contribution in [0.1, 0.15) is 48.3 Å². The number of allylic oxidation sites excluding steroid dienone is 1. The zero-order chi connectivity index (χ0) is 28.6. The number of rotatable bonds is 9. The van der Waals surface area contributed by atoms with Gasteiger partial charge in [-0.15, -0.1) is 0 Å². The number of carbonyl (C=O) groups is 2. The van der Waals surface area contributed by atoms with Crippen molar-refractivity contribution in [2.75, 3.05) is 13.2 Å². The normalized spacial score (nSPS) is 14.7. The molecule has 1 N–H and O–H groups in total. The number of esters is 2. The average molecular weight is 560 g/mol. The van der Waals surface area contributed by atoms with E-state index in [4.69, 9.17) is 14.5 Å². The van der Waals surface area contributed by atoms with Gasteiger partial charge in [0.1, 0.15) is 6.04 Å². The van der Waals surface area contributed by atoms with Gasteiger partial charge in [-0.25, -0.2) is 14.6 Å². The van der Waals surface area contributed by atoms with Crippen LogP contribution in [-0.4, -0.2) is 35.2 Å². The molecule has 0 amide bonds. The molecule has 1 aliphatic heterocycles. The van der Waals surface area contributed by atoms with Gasteiger partial charge in [0.15, 0.2) is 5.17 Å². The van der Waals surface area contributed by atoms with E-state index < -0.39 is 16.9 Å². The molecule has 0 saturated heterocycles. The van der Waals surface area contributed by atoms with Crippen LogP contribution in [0.4, 0.5) is 5.69 Å². The number of benzene rings is 3. The monoisotopic (exact) mass is 559 g/mol. The van der Waals surface area contributed by atoms with E-state index in [0.29, 0.717) is 34.4 Å². The van der Waals surface area contributed by atoms with Gasteiger partial charge in [0.2, 0.25) is 0 Å². The summed E-state index contributed by atoms with van der Waals surface area (Å²) in [5.41, 5.74) is 5.07. The van der Waals surface area contributed by atoms with Crippen molar-refractivity contribution in [2.24, 2.45) is 4.99 Å². The molecule has 9 nitrogen and oxygen atoms in total. The molecular weight excluding hydrogens is 530 g/mol. The maximum Gasteiger partial charge on any atom is 0.338 e. The molecule has 0 saturated carbocycles. The van der Waals surface area contributed by atoms with Crippen LogP contribution in [0, 0.1) is 10.1 Å². The molecule has 206 valence electrons. The Labute approximate surface area is 236 Å². The fourth-order valence-electron chi connectivity index (χ4n) is 4.20. The summed E-state index contributed by atoms with van der Waals surface area (Å²) in [6.45, 7) is 5.88. The van der Waals surface area contributed by atoms with Gasteiger partial charge in [0, 0.05) is 23.6 Å². The number of nitrogens with one attached hydrogen (secondary N) is 1. The highest BCUT2D eigenvalue weighted by atomic mass is 32.2. The predicted octanol–water partition coefficient (Wildman–Crippen LogP) is 6.21. The van der Waals surface area contributed by atoms with Gasteiger partial charge in [-0.3, -0.25) is 10.1 Å². The Morgan fingerprint density at radius 2 is 1.62 bits per heavy atom. The lowest BCUT2D eigenvalue weighted by molar-refractivity contribution is -0.384. The minimum Gasteiger partial charge on any atom is -0.463 e. The van der Waals surface area contributed by atoms with Crippen molar-refractivity contribution in [2.45, 2.75) is 32.6 Å². The third-order valence-electron chi connectivity index (χ3n) is 6.17. The van der Waals surface area contributed by atoms with Gasteiger partial charge in [-0.2, -0.15) is 0 Å². The van der Waals surface area contributed by atoms with E-state index in [2.05, 4.69) is 5.32 Å². The fraction of sp³-hybridized carbons (Fsp3) is 0.233. The summed E-state index contributed by atoms with van der Waals surface area (Å²) in [6, 6.07) is 20.7. The van der Waals surface area contributed by atoms with E-state index in [9.17, 15) is 19.7 Å². The molecule has 0 aromatic heterocycles. The summed E-state index contributed by atoms with van der Waals surface area (Å²) < 4.78 is 10.5. The van der Waals surface area contributed by atoms with Gasteiger partial charge in [0.25, 0.3) is 5.69 Å². The van der Waals surface area contributed by atoms with Crippen LogP contribution >= 0.6 is 11.8 Å². The van der Waals surface area contributed by atoms with Crippen molar-refractivity contribution >= 4 is 34.6 Å². The second kappa shape index (κ2) is 13.1. The molecule has 0 spiro atoms. The van der Waals surface area contributed by atoms with Gasteiger partial charge >= 0.3 is 11.9 Å². The van der Waals surface area contributed by atoms with Crippen molar-refractivity contribution in [1.82, 2.24) is 5.32 Å². The molecule has 10 heteroatoms. The number of non-ortho nitro benzene ring substituents is 1. The highest BCUT2D eigenvalue weighted by Crippen LogP contribution is 2.35. The lowest BCUT2D eigenvalue weighted by atomic mass is 9.94. The number of aliphatic imine (C=N–C) groups is 1. The van der Waals surface area contributed by atoms with Gasteiger partial charge in [-0.1, -0.05) is 60.3 Å². The van der Waals surface area contributed by atoms with E-state index in [1.165, 1.54) is 23.9 Å². The zero-order valence-electron chi connectivity index (χ0n) is 22.4. The number of thioether (sulfide) groups is 1. The summed E-state index contributed by atoms with van der Waals surface area (Å²) in [5.74, 6) is -0.274. The first-order valence-electron chi connectivity index (χ1n) is 12.8. The Morgan fingerprint density at radius 1 is 0.950 bits per heavy atom. The van der Waals surface area contributed by atoms with E-state index in [1.807, 2.05) is 43.3 Å². The molecule has 1 unspecified atom stereocenters. The molecular formula is C30H29N3O6S. The maximum absolute atomic E-state index is 12.9. The molecule has 4 rings (SSSR count). The topological polar surface area (TPSA) is 120 Å². The summed E-state index contributed by atoms with van der Waals surface area (Å²) in [4.78, 5) is 40.4. The summed E-state index contributed by atoms with van der Waals surface area (Å²) in [5, 5.41) is 14.8. The number of hydrogen-bond donors (Lipinski definition) is 1. The number of ether oxygens (including phenoxy) is 2. The van der Waals surface area contributed by atoms with Crippen molar-refractivity contribution in [3.63, 3.8) is 0 Å². The van der Waals surface area contributed by atoms with Gasteiger partial charge in [-0.05, 0) is 55.2 Å². The molecule has 0 bridgehead atoms. The van der Waals surface area contributed by atoms with Crippen LogP contribution in [0.2, 0.25) is 0 Å². The molecule has 40 heavy (non-hydrogen) atoms. The lowest BCUT2D eigenvalue weighted by Gasteiger charge is -2.26. The third kappa shape index (κ3) is 6.76. The molecule has 0 fully saturated rings. The highest BCUT2D eigenvalue weighted by Gasteiger charge is 2.30. The van der Waals surface area contributed by atoms with Crippen LogP contribution in [0.25, 0.3) is 11.1 Å². The highest BCUT2D eigenvalue weighted by molar-refractivity contribution is 8.13. The quantitative estimate of drug-likeness (QED) is 0.187. The number of amidine groups is 1. The minimum atomic E-state index is -0.584. The SMILES string of the molecule is CCOC(=O)C1=C(C)NC(SCc2ccc([N+](=O)[O-])cc2)=NC1c1ccc(-c2cccc(C(=O)OCC)c2)cc1. The van der Waals surface area contributed by atoms with Crippen LogP contribution in [-0.2, 0) is 20.0 Å². The summed E-state index contributed by atoms with van der Waals surface area (Å²) in [7, 11) is 0. The lowest BCUT2D eigenvalue weighted by Crippen LogP contribution is -2.30. The molecule has 1 heterocycles. The Bertz CT molecular complexity index is 1470. The first kappa shape index (κ1) is 28.6. The van der Waals surface area contributed by atoms with Crippen LogP contribution in [0.5, 0.6) is 0 Å². The Morgan fingerprint density at radius 3 is 2.27 bits per heavy atom. The number of hydrogen-bond acceptors (Lipinski definition) is 9. The van der Waals surface area contributed by atoms with E-state index >= 15 is 0 Å². The zero-order valence-corrected chi connectivity index (χ0v) is 23.2. The number of nitro groups is 1. The Kier molecular flexibility index (Phi) is 9.34. The van der Waals surface area contributed by atoms with E-state index in [0.717, 1.165) is 22.3 Å². The first-order chi connectivity index (χ1) is 19.3. The standard InChI is InChI=1S/C30H29N3O6S/c1-4-38-28(34)24-8-6-7-23(17-24)21-11-13-22(14-12-21)27-26(29(35)39-5-2)19(3)31-30(32-27)40-18-20-9-15-25(16-10-20)33(36)37/h6-17,27H,4-5,18H2,1-3H3,(H,31,32). The third-order valence-corrected chi connectivity index (χ3v) is 7.13. The van der Waals surface area contributed by atoms with Crippen LogP contribution in [0.15, 0.2) is 89.1 Å². The second-order valence-electron chi connectivity index (χ2n) is 8.86. The second-order valence-corrected chi connectivity index (χ2v) is 9.82. The van der Waals surface area contributed by atoms with Gasteiger partial charge < -0.3 is 14.8 Å². The molecule has 1 aliphatic rings. The van der Waals surface area contributed by atoms with E-state index in [1.54, 1.807) is 38.1 Å². The number of nitro benzene ring substituents is 1. The van der Waals surface area contributed by atoms with Crippen LogP contribution < -0.4 is 5.32 Å². The number of carbonyl (C=O) groups excluding carboxylic acids is 2. The average Bonchev–Trinajstić information content (AvgIpc) is 2.96.